The Morgan fingerprint density at radius 3 is 2.57 bits per heavy atom. The molecule has 0 aliphatic heterocycles. The van der Waals surface area contributed by atoms with Crippen molar-refractivity contribution in [3.63, 3.8) is 0 Å². The summed E-state index contributed by atoms with van der Waals surface area (Å²) in [6.45, 7) is 4.75. The number of rotatable bonds is 7. The Hall–Kier alpha value is -2.86. The molecule has 0 saturated heterocycles. The minimum absolute atomic E-state index is 0.165. The van der Waals surface area contributed by atoms with Gasteiger partial charge in [0.2, 0.25) is 5.91 Å². The molecule has 2 amide bonds. The summed E-state index contributed by atoms with van der Waals surface area (Å²) in [6.07, 6.45) is 1.05. The molecule has 0 aliphatic carbocycles. The molecule has 0 aliphatic rings. The average Bonchev–Trinajstić information content (AvgIpc) is 2.73. The Morgan fingerprint density at radius 1 is 1.00 bits per heavy atom. The molecule has 2 N–H and O–H groups in total. The van der Waals surface area contributed by atoms with E-state index >= 15 is 0 Å². The van der Waals surface area contributed by atoms with Crippen molar-refractivity contribution in [2.75, 3.05) is 6.61 Å². The lowest BCUT2D eigenvalue weighted by molar-refractivity contribution is -0.121. The Kier molecular flexibility index (Phi) is 7.46. The van der Waals surface area contributed by atoms with E-state index in [1.807, 2.05) is 48.5 Å². The smallest absolute Gasteiger partial charge is 0.273 e. The number of hydrazine groups is 1. The van der Waals surface area contributed by atoms with E-state index in [4.69, 9.17) is 4.74 Å². The van der Waals surface area contributed by atoms with E-state index in [0.717, 1.165) is 27.2 Å². The summed E-state index contributed by atoms with van der Waals surface area (Å²) in [7, 11) is 0. The van der Waals surface area contributed by atoms with Crippen molar-refractivity contribution in [2.45, 2.75) is 26.7 Å². The van der Waals surface area contributed by atoms with Crippen LogP contribution in [-0.4, -0.2) is 18.4 Å². The van der Waals surface area contributed by atoms with Gasteiger partial charge in [-0.05, 0) is 46.9 Å². The van der Waals surface area contributed by atoms with Gasteiger partial charge in [-0.2, -0.15) is 0 Å². The van der Waals surface area contributed by atoms with Crippen molar-refractivity contribution in [3.05, 3.63) is 76.3 Å². The number of hydrogen-bond donors (Lipinski definition) is 2. The third-order valence-corrected chi connectivity index (χ3v) is 5.18. The lowest BCUT2D eigenvalue weighted by Crippen LogP contribution is -2.42. The van der Waals surface area contributed by atoms with Gasteiger partial charge in [-0.1, -0.05) is 72.2 Å². The van der Waals surface area contributed by atoms with Gasteiger partial charge in [0.05, 0.1) is 18.6 Å². The number of benzene rings is 3. The van der Waals surface area contributed by atoms with Crippen LogP contribution >= 0.6 is 15.9 Å². The summed E-state index contributed by atoms with van der Waals surface area (Å²) in [5, 5.41) is 2.10. The van der Waals surface area contributed by atoms with Gasteiger partial charge in [0.15, 0.2) is 0 Å². The fourth-order valence-electron chi connectivity index (χ4n) is 3.07. The molecule has 5 nitrogen and oxygen atoms in total. The van der Waals surface area contributed by atoms with E-state index in [9.17, 15) is 9.59 Å². The molecule has 6 heteroatoms. The van der Waals surface area contributed by atoms with Crippen LogP contribution in [0.2, 0.25) is 0 Å². The molecule has 0 fully saturated rings. The molecule has 30 heavy (non-hydrogen) atoms. The summed E-state index contributed by atoms with van der Waals surface area (Å²) in [4.78, 5) is 25.1. The Morgan fingerprint density at radius 2 is 1.77 bits per heavy atom. The number of carbonyl (C=O) groups is 2. The molecule has 156 valence electrons. The van der Waals surface area contributed by atoms with E-state index in [1.165, 1.54) is 0 Å². The first-order valence-electron chi connectivity index (χ1n) is 9.92. The predicted octanol–water partition coefficient (Wildman–Crippen LogP) is 5.03. The molecular weight excluding hydrogens is 444 g/mol. The maximum Gasteiger partial charge on any atom is 0.273 e. The second kappa shape index (κ2) is 10.3. The van der Waals surface area contributed by atoms with Crippen LogP contribution in [0.4, 0.5) is 0 Å². The highest BCUT2D eigenvalue weighted by Crippen LogP contribution is 2.24. The third-order valence-electron chi connectivity index (χ3n) is 4.69. The largest absolute Gasteiger partial charge is 0.493 e. The number of amides is 2. The lowest BCUT2D eigenvalue weighted by atomic mass is 10.0. The fourth-order valence-corrected chi connectivity index (χ4v) is 3.43. The van der Waals surface area contributed by atoms with Crippen molar-refractivity contribution in [1.82, 2.24) is 10.9 Å². The van der Waals surface area contributed by atoms with Crippen LogP contribution in [-0.2, 0) is 11.2 Å². The molecule has 0 atom stereocenters. The highest BCUT2D eigenvalue weighted by Gasteiger charge is 2.15. The van der Waals surface area contributed by atoms with Gasteiger partial charge in [0.1, 0.15) is 5.75 Å². The summed E-state index contributed by atoms with van der Waals surface area (Å²) in [5.41, 5.74) is 6.26. The monoisotopic (exact) mass is 468 g/mol. The number of fused-ring (bicyclic) bond motifs is 1. The normalized spacial score (nSPS) is 10.8. The molecule has 0 unspecified atom stereocenters. The van der Waals surface area contributed by atoms with Crippen molar-refractivity contribution < 1.29 is 14.3 Å². The molecule has 0 saturated carbocycles. The first-order valence-corrected chi connectivity index (χ1v) is 10.7. The number of halogens is 1. The number of hydrogen-bond acceptors (Lipinski definition) is 3. The molecule has 0 bridgehead atoms. The van der Waals surface area contributed by atoms with Crippen molar-refractivity contribution in [3.8, 4) is 5.75 Å². The first kappa shape index (κ1) is 21.8. The van der Waals surface area contributed by atoms with E-state index in [-0.39, 0.29) is 12.3 Å². The van der Waals surface area contributed by atoms with Crippen LogP contribution in [0.3, 0.4) is 0 Å². The molecular formula is C24H25BrN2O3. The molecule has 3 aromatic rings. The third kappa shape index (κ3) is 5.83. The molecule has 3 rings (SSSR count). The van der Waals surface area contributed by atoms with Crippen LogP contribution < -0.4 is 15.6 Å². The highest BCUT2D eigenvalue weighted by atomic mass is 79.9. The van der Waals surface area contributed by atoms with Crippen LogP contribution in [0.1, 0.15) is 36.2 Å². The maximum absolute atomic E-state index is 12.7. The van der Waals surface area contributed by atoms with Gasteiger partial charge in [0, 0.05) is 4.47 Å². The molecule has 3 aromatic carbocycles. The summed E-state index contributed by atoms with van der Waals surface area (Å²) >= 11 is 3.38. The zero-order valence-corrected chi connectivity index (χ0v) is 18.7. The number of carbonyl (C=O) groups excluding carboxylic acids is 2. The quantitative estimate of drug-likeness (QED) is 0.477. The van der Waals surface area contributed by atoms with Crippen molar-refractivity contribution in [1.29, 1.82) is 0 Å². The van der Waals surface area contributed by atoms with E-state index in [1.54, 1.807) is 12.1 Å². The summed E-state index contributed by atoms with van der Waals surface area (Å²) < 4.78 is 6.54. The van der Waals surface area contributed by atoms with Gasteiger partial charge in [-0.3, -0.25) is 20.4 Å². The second-order valence-electron chi connectivity index (χ2n) is 7.49. The van der Waals surface area contributed by atoms with Gasteiger partial charge < -0.3 is 4.74 Å². The van der Waals surface area contributed by atoms with Crippen LogP contribution in [0, 0.1) is 5.92 Å². The average molecular weight is 469 g/mol. The summed E-state index contributed by atoms with van der Waals surface area (Å²) in [6, 6.07) is 19.0. The SMILES string of the molecule is CC(C)CCOc1ccc(Br)cc1C(=O)NNC(=O)Cc1cccc2ccccc12. The highest BCUT2D eigenvalue weighted by molar-refractivity contribution is 9.10. The number of ether oxygens (including phenoxy) is 1. The van der Waals surface area contributed by atoms with Crippen molar-refractivity contribution in [2.24, 2.45) is 5.92 Å². The van der Waals surface area contributed by atoms with Crippen molar-refractivity contribution >= 4 is 38.5 Å². The maximum atomic E-state index is 12.7. The standard InChI is InChI=1S/C24H25BrN2O3/c1-16(2)12-13-30-22-11-10-19(25)15-21(22)24(29)27-26-23(28)14-18-8-5-7-17-6-3-4-9-20(17)18/h3-11,15-16H,12-14H2,1-2H3,(H,26,28)(H,27,29). The zero-order valence-electron chi connectivity index (χ0n) is 17.1. The number of nitrogens with one attached hydrogen (secondary N) is 2. The van der Waals surface area contributed by atoms with Gasteiger partial charge in [-0.15, -0.1) is 0 Å². The molecule has 0 spiro atoms. The van der Waals surface area contributed by atoms with E-state index in [0.29, 0.717) is 23.8 Å². The van der Waals surface area contributed by atoms with Crippen LogP contribution in [0.15, 0.2) is 65.1 Å². The minimum Gasteiger partial charge on any atom is -0.493 e. The van der Waals surface area contributed by atoms with Gasteiger partial charge >= 0.3 is 0 Å². The van der Waals surface area contributed by atoms with Crippen LogP contribution in [0.25, 0.3) is 10.8 Å². The first-order chi connectivity index (χ1) is 14.4. The molecule has 0 heterocycles. The molecule has 0 radical (unpaired) electrons. The minimum atomic E-state index is -0.429. The zero-order chi connectivity index (χ0) is 21.5. The van der Waals surface area contributed by atoms with Gasteiger partial charge in [-0.25, -0.2) is 0 Å². The second-order valence-corrected chi connectivity index (χ2v) is 8.40. The Balaban J connectivity index is 1.63. The summed E-state index contributed by atoms with van der Waals surface area (Å²) in [5.74, 6) is 0.268. The Labute approximate surface area is 184 Å². The van der Waals surface area contributed by atoms with E-state index < -0.39 is 5.91 Å². The molecule has 0 aromatic heterocycles. The Bertz CT molecular complexity index is 1040. The van der Waals surface area contributed by atoms with Gasteiger partial charge in [0.25, 0.3) is 5.91 Å². The lowest BCUT2D eigenvalue weighted by Gasteiger charge is -2.14. The predicted molar refractivity (Wildman–Crippen MR) is 122 cm³/mol. The van der Waals surface area contributed by atoms with E-state index in [2.05, 4.69) is 40.6 Å². The fraction of sp³-hybridized carbons (Fsp3) is 0.250. The topological polar surface area (TPSA) is 67.4 Å². The van der Waals surface area contributed by atoms with Crippen LogP contribution in [0.5, 0.6) is 5.75 Å².